The SMILES string of the molecule is CCn1cc(Oc2nc(Cl)nc(-n3cccn3)n2)cn1. The summed E-state index contributed by atoms with van der Waals surface area (Å²) >= 11 is 5.86. The van der Waals surface area contributed by atoms with E-state index in [0.717, 1.165) is 6.54 Å². The molecule has 0 aliphatic rings. The predicted octanol–water partition coefficient (Wildman–Crippen LogP) is 1.72. The maximum atomic E-state index is 5.86. The summed E-state index contributed by atoms with van der Waals surface area (Å²) in [4.78, 5) is 12.0. The van der Waals surface area contributed by atoms with Crippen molar-refractivity contribution in [2.75, 3.05) is 0 Å². The molecular weight excluding hydrogens is 282 g/mol. The highest BCUT2D eigenvalue weighted by Crippen LogP contribution is 2.18. The van der Waals surface area contributed by atoms with Crippen LogP contribution in [0.5, 0.6) is 11.8 Å². The van der Waals surface area contributed by atoms with Crippen LogP contribution in [0.4, 0.5) is 0 Å². The second kappa shape index (κ2) is 5.25. The summed E-state index contributed by atoms with van der Waals surface area (Å²) in [7, 11) is 0. The lowest BCUT2D eigenvalue weighted by atomic mass is 10.6. The Kier molecular flexibility index (Phi) is 3.30. The molecule has 0 bridgehead atoms. The van der Waals surface area contributed by atoms with Gasteiger partial charge in [-0.05, 0) is 24.6 Å². The van der Waals surface area contributed by atoms with Gasteiger partial charge in [0.25, 0.3) is 5.95 Å². The molecule has 0 saturated heterocycles. The Morgan fingerprint density at radius 3 is 2.85 bits per heavy atom. The first-order chi connectivity index (χ1) is 9.74. The molecule has 0 unspecified atom stereocenters. The van der Waals surface area contributed by atoms with Gasteiger partial charge >= 0.3 is 6.01 Å². The van der Waals surface area contributed by atoms with Crippen LogP contribution >= 0.6 is 11.6 Å². The zero-order valence-corrected chi connectivity index (χ0v) is 11.3. The summed E-state index contributed by atoms with van der Waals surface area (Å²) in [5.41, 5.74) is 0. The van der Waals surface area contributed by atoms with Gasteiger partial charge in [-0.15, -0.1) is 0 Å². The molecule has 0 fully saturated rings. The molecule has 0 amide bonds. The number of hydrogen-bond acceptors (Lipinski definition) is 6. The van der Waals surface area contributed by atoms with E-state index in [1.807, 2.05) is 6.92 Å². The molecule has 0 saturated carbocycles. The molecule has 0 aliphatic carbocycles. The maximum absolute atomic E-state index is 5.86. The van der Waals surface area contributed by atoms with E-state index in [-0.39, 0.29) is 17.2 Å². The first-order valence-corrected chi connectivity index (χ1v) is 6.24. The number of hydrogen-bond donors (Lipinski definition) is 0. The maximum Gasteiger partial charge on any atom is 0.328 e. The molecule has 102 valence electrons. The van der Waals surface area contributed by atoms with Crippen LogP contribution < -0.4 is 4.74 Å². The lowest BCUT2D eigenvalue weighted by Gasteiger charge is -2.03. The number of rotatable bonds is 4. The van der Waals surface area contributed by atoms with Crippen molar-refractivity contribution in [1.82, 2.24) is 34.5 Å². The van der Waals surface area contributed by atoms with Crippen LogP contribution in [0.2, 0.25) is 5.28 Å². The second-order valence-electron chi connectivity index (χ2n) is 3.77. The van der Waals surface area contributed by atoms with Crippen LogP contribution in [0.1, 0.15) is 6.92 Å². The van der Waals surface area contributed by atoms with Crippen LogP contribution in [-0.4, -0.2) is 34.5 Å². The molecule has 0 aliphatic heterocycles. The van der Waals surface area contributed by atoms with Gasteiger partial charge in [0.1, 0.15) is 0 Å². The first-order valence-electron chi connectivity index (χ1n) is 5.86. The smallest absolute Gasteiger partial charge is 0.328 e. The molecule has 9 heteroatoms. The van der Waals surface area contributed by atoms with Gasteiger partial charge in [0.05, 0.1) is 12.4 Å². The first kappa shape index (κ1) is 12.5. The Bertz CT molecular complexity index is 709. The van der Waals surface area contributed by atoms with Crippen molar-refractivity contribution < 1.29 is 4.74 Å². The minimum atomic E-state index is 0.0309. The Morgan fingerprint density at radius 2 is 2.15 bits per heavy atom. The number of aromatic nitrogens is 7. The van der Waals surface area contributed by atoms with Gasteiger partial charge in [-0.2, -0.15) is 25.1 Å². The van der Waals surface area contributed by atoms with Crippen LogP contribution in [0.15, 0.2) is 30.9 Å². The molecule has 0 radical (unpaired) electrons. The minimum Gasteiger partial charge on any atom is -0.421 e. The summed E-state index contributed by atoms with van der Waals surface area (Å²) in [5.74, 6) is 0.813. The molecular formula is C11H10ClN7O. The highest BCUT2D eigenvalue weighted by atomic mass is 35.5. The average Bonchev–Trinajstić information content (AvgIpc) is 3.09. The fourth-order valence-electron chi connectivity index (χ4n) is 1.53. The fourth-order valence-corrected chi connectivity index (χ4v) is 1.68. The highest BCUT2D eigenvalue weighted by Gasteiger charge is 2.10. The van der Waals surface area contributed by atoms with E-state index >= 15 is 0 Å². The largest absolute Gasteiger partial charge is 0.421 e. The van der Waals surface area contributed by atoms with E-state index in [4.69, 9.17) is 16.3 Å². The zero-order valence-electron chi connectivity index (χ0n) is 10.5. The lowest BCUT2D eigenvalue weighted by Crippen LogP contribution is -2.04. The van der Waals surface area contributed by atoms with E-state index in [1.54, 1.807) is 35.5 Å². The summed E-state index contributed by atoms with van der Waals surface area (Å²) in [6.07, 6.45) is 6.63. The van der Waals surface area contributed by atoms with Crippen molar-refractivity contribution in [3.63, 3.8) is 0 Å². The summed E-state index contributed by atoms with van der Waals surface area (Å²) in [6.45, 7) is 2.73. The highest BCUT2D eigenvalue weighted by molar-refractivity contribution is 6.28. The van der Waals surface area contributed by atoms with Gasteiger partial charge in [0.15, 0.2) is 5.75 Å². The number of nitrogens with zero attached hydrogens (tertiary/aromatic N) is 7. The quantitative estimate of drug-likeness (QED) is 0.728. The van der Waals surface area contributed by atoms with Crippen molar-refractivity contribution in [2.24, 2.45) is 0 Å². The monoisotopic (exact) mass is 291 g/mol. The van der Waals surface area contributed by atoms with Crippen molar-refractivity contribution in [2.45, 2.75) is 13.5 Å². The van der Waals surface area contributed by atoms with Gasteiger partial charge < -0.3 is 4.74 Å². The molecule has 0 atom stereocenters. The van der Waals surface area contributed by atoms with Crippen LogP contribution in [0.3, 0.4) is 0 Å². The predicted molar refractivity (Wildman–Crippen MR) is 69.9 cm³/mol. The van der Waals surface area contributed by atoms with Gasteiger partial charge in [-0.25, -0.2) is 4.68 Å². The molecule has 8 nitrogen and oxygen atoms in total. The molecule has 0 spiro atoms. The average molecular weight is 292 g/mol. The zero-order chi connectivity index (χ0) is 13.9. The number of aryl methyl sites for hydroxylation is 1. The molecule has 3 heterocycles. The Balaban J connectivity index is 1.90. The van der Waals surface area contributed by atoms with Gasteiger partial charge in [-0.1, -0.05) is 0 Å². The molecule has 3 aromatic heterocycles. The van der Waals surface area contributed by atoms with E-state index in [1.165, 1.54) is 4.68 Å². The molecule has 3 rings (SSSR count). The third kappa shape index (κ3) is 2.59. The fraction of sp³-hybridized carbons (Fsp3) is 0.182. The van der Waals surface area contributed by atoms with Gasteiger partial charge in [0, 0.05) is 18.9 Å². The van der Waals surface area contributed by atoms with Gasteiger partial charge in [-0.3, -0.25) is 4.68 Å². The lowest BCUT2D eigenvalue weighted by molar-refractivity contribution is 0.436. The third-order valence-corrected chi connectivity index (χ3v) is 2.60. The third-order valence-electron chi connectivity index (χ3n) is 2.43. The van der Waals surface area contributed by atoms with Crippen LogP contribution in [-0.2, 0) is 6.54 Å². The van der Waals surface area contributed by atoms with E-state index in [0.29, 0.717) is 5.75 Å². The molecule has 0 aromatic carbocycles. The van der Waals surface area contributed by atoms with Crippen LogP contribution in [0.25, 0.3) is 5.95 Å². The van der Waals surface area contributed by atoms with Gasteiger partial charge in [0.2, 0.25) is 5.28 Å². The van der Waals surface area contributed by atoms with Crippen molar-refractivity contribution in [3.8, 4) is 17.7 Å². The Hall–Kier alpha value is -2.48. The van der Waals surface area contributed by atoms with Crippen molar-refractivity contribution in [3.05, 3.63) is 36.1 Å². The van der Waals surface area contributed by atoms with Crippen molar-refractivity contribution >= 4 is 11.6 Å². The Labute approximate surface area is 119 Å². The summed E-state index contributed by atoms with van der Waals surface area (Å²) in [6, 6.07) is 1.84. The molecule has 3 aromatic rings. The summed E-state index contributed by atoms with van der Waals surface area (Å²) < 4.78 is 8.71. The van der Waals surface area contributed by atoms with E-state index in [9.17, 15) is 0 Å². The van der Waals surface area contributed by atoms with Crippen LogP contribution in [0, 0.1) is 0 Å². The molecule has 0 N–H and O–H groups in total. The normalized spacial score (nSPS) is 10.7. The van der Waals surface area contributed by atoms with Crippen molar-refractivity contribution in [1.29, 1.82) is 0 Å². The minimum absolute atomic E-state index is 0.0309. The van der Waals surface area contributed by atoms with E-state index < -0.39 is 0 Å². The standard InChI is InChI=1S/C11H10ClN7O/c1-2-18-7-8(6-14-18)20-11-16-9(12)15-10(17-11)19-5-3-4-13-19/h3-7H,2H2,1H3. The number of ether oxygens (including phenoxy) is 1. The van der Waals surface area contributed by atoms with E-state index in [2.05, 4.69) is 25.1 Å². The summed E-state index contributed by atoms with van der Waals surface area (Å²) in [5, 5.41) is 8.15. The number of halogens is 1. The topological polar surface area (TPSA) is 83.5 Å². The molecule has 20 heavy (non-hydrogen) atoms. The second-order valence-corrected chi connectivity index (χ2v) is 4.11. The Morgan fingerprint density at radius 1 is 1.25 bits per heavy atom.